The first kappa shape index (κ1) is 17.7. The lowest BCUT2D eigenvalue weighted by atomic mass is 9.71. The Bertz CT molecular complexity index is 922. The van der Waals surface area contributed by atoms with E-state index in [1.54, 1.807) is 0 Å². The van der Waals surface area contributed by atoms with E-state index in [0.29, 0.717) is 12.8 Å². The largest absolute Gasteiger partial charge is 0.487 e. The van der Waals surface area contributed by atoms with Gasteiger partial charge >= 0.3 is 0 Å². The Kier molecular flexibility index (Phi) is 3.84. The van der Waals surface area contributed by atoms with E-state index in [9.17, 15) is 9.59 Å². The number of rotatable bonds is 1. The number of ketones is 2. The summed E-state index contributed by atoms with van der Waals surface area (Å²) in [5.41, 5.74) is 6.03. The summed E-state index contributed by atoms with van der Waals surface area (Å²) in [4.78, 5) is 28.2. The molecule has 0 bridgehead atoms. The molecule has 4 heteroatoms. The lowest BCUT2D eigenvalue weighted by molar-refractivity contribution is -0.117. The van der Waals surface area contributed by atoms with Gasteiger partial charge in [-0.05, 0) is 56.7 Å². The van der Waals surface area contributed by atoms with E-state index < -0.39 is 0 Å². The minimum absolute atomic E-state index is 0.204. The maximum Gasteiger partial charge on any atom is 0.161 e. The number of ether oxygens (including phenoxy) is 1. The minimum atomic E-state index is -0.212. The highest BCUT2D eigenvalue weighted by molar-refractivity contribution is 6.06. The normalized spacial score (nSPS) is 24.2. The summed E-state index contributed by atoms with van der Waals surface area (Å²) < 4.78 is 6.04. The Morgan fingerprint density at radius 3 is 2.18 bits per heavy atom. The number of carbonyl (C=O) groups is 2. The van der Waals surface area contributed by atoms with E-state index in [4.69, 9.17) is 4.74 Å². The number of carbonyl (C=O) groups excluding carboxylic acids is 2. The molecular formula is C24H27NO3. The fraction of sp³-hybridized carbons (Fsp3) is 0.500. The predicted octanol–water partition coefficient (Wildman–Crippen LogP) is 4.44. The molecule has 0 atom stereocenters. The molecule has 0 aromatic heterocycles. The van der Waals surface area contributed by atoms with Crippen molar-refractivity contribution in [2.75, 3.05) is 7.05 Å². The molecule has 2 heterocycles. The predicted molar refractivity (Wildman–Crippen MR) is 107 cm³/mol. The zero-order valence-electron chi connectivity index (χ0n) is 16.9. The Morgan fingerprint density at radius 2 is 1.57 bits per heavy atom. The van der Waals surface area contributed by atoms with Gasteiger partial charge in [-0.25, -0.2) is 0 Å². The van der Waals surface area contributed by atoms with Crippen LogP contribution in [0.25, 0.3) is 0 Å². The van der Waals surface area contributed by atoms with Crippen LogP contribution in [0, 0.1) is 0 Å². The van der Waals surface area contributed by atoms with E-state index in [1.165, 1.54) is 5.56 Å². The van der Waals surface area contributed by atoms with Crippen molar-refractivity contribution in [3.05, 3.63) is 51.9 Å². The van der Waals surface area contributed by atoms with Gasteiger partial charge in [-0.1, -0.05) is 12.1 Å². The van der Waals surface area contributed by atoms with Crippen LogP contribution in [0.5, 0.6) is 5.75 Å². The fourth-order valence-electron chi connectivity index (χ4n) is 5.49. The molecule has 2 aliphatic carbocycles. The molecule has 0 unspecified atom stereocenters. The highest BCUT2D eigenvalue weighted by atomic mass is 16.5. The molecule has 28 heavy (non-hydrogen) atoms. The second kappa shape index (κ2) is 6.07. The van der Waals surface area contributed by atoms with Crippen molar-refractivity contribution >= 4 is 11.6 Å². The molecule has 0 fully saturated rings. The lowest BCUT2D eigenvalue weighted by Crippen LogP contribution is -2.37. The summed E-state index contributed by atoms with van der Waals surface area (Å²) in [5, 5.41) is 0. The molecule has 0 radical (unpaired) electrons. The maximum atomic E-state index is 13.0. The summed E-state index contributed by atoms with van der Waals surface area (Å²) in [6, 6.07) is 6.27. The standard InChI is InChI=1S/C24H27NO3/c1-24(2)13-15-12-14(10-11-20(15)28-24)21-22-16(6-4-8-18(22)26)25(3)17-7-5-9-19(27)23(17)21/h10-12,21H,4-9,13H2,1-3H3. The van der Waals surface area contributed by atoms with Crippen molar-refractivity contribution in [1.82, 2.24) is 4.90 Å². The van der Waals surface area contributed by atoms with Crippen LogP contribution in [0.15, 0.2) is 40.7 Å². The van der Waals surface area contributed by atoms with Gasteiger partial charge in [-0.3, -0.25) is 9.59 Å². The van der Waals surface area contributed by atoms with Crippen LogP contribution in [-0.4, -0.2) is 29.1 Å². The van der Waals surface area contributed by atoms with Crippen LogP contribution in [0.1, 0.15) is 69.4 Å². The average molecular weight is 377 g/mol. The SMILES string of the molecule is CN1C2=C(C(=O)CCC2)C(c2ccc3c(c2)CC(C)(C)O3)C2=C1CCCC2=O. The van der Waals surface area contributed by atoms with Crippen LogP contribution in [-0.2, 0) is 16.0 Å². The number of nitrogens with zero attached hydrogens (tertiary/aromatic N) is 1. The molecule has 5 rings (SSSR count). The minimum Gasteiger partial charge on any atom is -0.487 e. The zero-order valence-corrected chi connectivity index (χ0v) is 16.9. The van der Waals surface area contributed by atoms with Gasteiger partial charge in [-0.2, -0.15) is 0 Å². The van der Waals surface area contributed by atoms with Gasteiger partial charge in [0, 0.05) is 54.8 Å². The van der Waals surface area contributed by atoms with Gasteiger partial charge in [0.25, 0.3) is 0 Å². The third-order valence-electron chi connectivity index (χ3n) is 6.66. The molecule has 0 N–H and O–H groups in total. The average Bonchev–Trinajstić information content (AvgIpc) is 2.96. The molecule has 146 valence electrons. The van der Waals surface area contributed by atoms with E-state index in [2.05, 4.69) is 30.9 Å². The third kappa shape index (κ3) is 2.57. The van der Waals surface area contributed by atoms with Crippen molar-refractivity contribution in [3.63, 3.8) is 0 Å². The third-order valence-corrected chi connectivity index (χ3v) is 6.66. The highest BCUT2D eigenvalue weighted by Gasteiger charge is 2.42. The van der Waals surface area contributed by atoms with Crippen molar-refractivity contribution in [2.45, 2.75) is 70.3 Å². The first-order valence-corrected chi connectivity index (χ1v) is 10.4. The Morgan fingerprint density at radius 1 is 0.964 bits per heavy atom. The Hall–Kier alpha value is -2.36. The molecule has 4 nitrogen and oxygen atoms in total. The van der Waals surface area contributed by atoms with Crippen molar-refractivity contribution in [1.29, 1.82) is 0 Å². The summed E-state index contributed by atoms with van der Waals surface area (Å²) in [6.45, 7) is 4.19. The molecule has 1 aromatic carbocycles. The smallest absolute Gasteiger partial charge is 0.161 e. The van der Waals surface area contributed by atoms with Crippen molar-refractivity contribution in [3.8, 4) is 5.75 Å². The number of benzene rings is 1. The van der Waals surface area contributed by atoms with Crippen LogP contribution in [0.2, 0.25) is 0 Å². The topological polar surface area (TPSA) is 46.6 Å². The van der Waals surface area contributed by atoms with Gasteiger partial charge < -0.3 is 9.64 Å². The van der Waals surface area contributed by atoms with E-state index in [1.807, 2.05) is 13.1 Å². The van der Waals surface area contributed by atoms with Gasteiger partial charge in [0.05, 0.1) is 0 Å². The van der Waals surface area contributed by atoms with Crippen LogP contribution >= 0.6 is 0 Å². The summed E-state index contributed by atoms with van der Waals surface area (Å²) in [6.07, 6.45) is 5.65. The summed E-state index contributed by atoms with van der Waals surface area (Å²) >= 11 is 0. The number of hydrogen-bond donors (Lipinski definition) is 0. The summed E-state index contributed by atoms with van der Waals surface area (Å²) in [5.74, 6) is 1.13. The second-order valence-electron chi connectivity index (χ2n) is 9.17. The fourth-order valence-corrected chi connectivity index (χ4v) is 5.49. The zero-order chi connectivity index (χ0) is 19.6. The Labute approximate surface area is 166 Å². The number of allylic oxidation sites excluding steroid dienone is 4. The molecular weight excluding hydrogens is 350 g/mol. The molecule has 1 aromatic rings. The monoisotopic (exact) mass is 377 g/mol. The molecule has 4 aliphatic rings. The first-order chi connectivity index (χ1) is 13.4. The summed E-state index contributed by atoms with van der Waals surface area (Å²) in [7, 11) is 2.04. The molecule has 0 spiro atoms. The lowest BCUT2D eigenvalue weighted by Gasteiger charge is -2.42. The maximum absolute atomic E-state index is 13.0. The van der Waals surface area contributed by atoms with Crippen LogP contribution in [0.3, 0.4) is 0 Å². The first-order valence-electron chi connectivity index (χ1n) is 10.4. The molecule has 0 amide bonds. The van der Waals surface area contributed by atoms with Gasteiger partial charge in [0.1, 0.15) is 11.4 Å². The number of Topliss-reactive ketones (excluding diaryl/α,β-unsaturated/α-hetero) is 2. The van der Waals surface area contributed by atoms with Gasteiger partial charge in [0.2, 0.25) is 0 Å². The molecule has 0 saturated heterocycles. The number of fused-ring (bicyclic) bond motifs is 1. The van der Waals surface area contributed by atoms with Crippen molar-refractivity contribution in [2.24, 2.45) is 0 Å². The highest BCUT2D eigenvalue weighted by Crippen LogP contribution is 2.49. The Balaban J connectivity index is 1.69. The van der Waals surface area contributed by atoms with E-state index in [0.717, 1.165) is 66.0 Å². The van der Waals surface area contributed by atoms with Gasteiger partial charge in [0.15, 0.2) is 11.6 Å². The van der Waals surface area contributed by atoms with E-state index >= 15 is 0 Å². The van der Waals surface area contributed by atoms with E-state index in [-0.39, 0.29) is 23.1 Å². The van der Waals surface area contributed by atoms with Gasteiger partial charge in [-0.15, -0.1) is 0 Å². The van der Waals surface area contributed by atoms with Crippen molar-refractivity contribution < 1.29 is 14.3 Å². The quantitative estimate of drug-likeness (QED) is 0.726. The number of hydrogen-bond acceptors (Lipinski definition) is 4. The second-order valence-corrected chi connectivity index (χ2v) is 9.17. The molecule has 0 saturated carbocycles. The molecule has 2 aliphatic heterocycles. The van der Waals surface area contributed by atoms with Crippen LogP contribution in [0.4, 0.5) is 0 Å². The van der Waals surface area contributed by atoms with Crippen LogP contribution < -0.4 is 4.74 Å².